The third kappa shape index (κ3) is 4.12. The van der Waals surface area contributed by atoms with Crippen molar-refractivity contribution in [3.63, 3.8) is 0 Å². The normalized spacial score (nSPS) is 14.8. The Labute approximate surface area is 105 Å². The smallest absolute Gasteiger partial charge is 0.150 e. The average Bonchev–Trinajstić information content (AvgIpc) is 2.60. The summed E-state index contributed by atoms with van der Waals surface area (Å²) >= 11 is 3.27. The van der Waals surface area contributed by atoms with Crippen LogP contribution in [0.25, 0.3) is 0 Å². The second-order valence-corrected chi connectivity index (χ2v) is 6.37. The van der Waals surface area contributed by atoms with E-state index >= 15 is 0 Å². The van der Waals surface area contributed by atoms with Crippen molar-refractivity contribution < 1.29 is 0 Å². The van der Waals surface area contributed by atoms with Gasteiger partial charge in [0, 0.05) is 22.9 Å². The van der Waals surface area contributed by atoms with E-state index in [0.29, 0.717) is 11.8 Å². The molecule has 0 radical (unpaired) electrons. The van der Waals surface area contributed by atoms with Crippen LogP contribution in [-0.2, 0) is 0 Å². The van der Waals surface area contributed by atoms with Gasteiger partial charge in [-0.3, -0.25) is 5.32 Å². The molecule has 5 heteroatoms. The van der Waals surface area contributed by atoms with E-state index in [4.69, 9.17) is 0 Å². The minimum absolute atomic E-state index is 0.309. The monoisotopic (exact) mass is 255 g/mol. The topological polar surface area (TPSA) is 48.7 Å². The number of aromatic nitrogens is 1. The molecule has 1 aromatic heterocycles. The van der Waals surface area contributed by atoms with Crippen molar-refractivity contribution in [2.45, 2.75) is 43.6 Å². The lowest BCUT2D eigenvalue weighted by molar-refractivity contribution is 0.443. The molecule has 3 nitrogen and oxygen atoms in total. The summed E-state index contributed by atoms with van der Waals surface area (Å²) < 4.78 is 1.03. The van der Waals surface area contributed by atoms with Crippen molar-refractivity contribution in [1.82, 2.24) is 10.3 Å². The Balaban J connectivity index is 2.55. The van der Waals surface area contributed by atoms with Crippen LogP contribution in [-0.4, -0.2) is 22.3 Å². The number of hydrogen-bond donors (Lipinski definition) is 1. The van der Waals surface area contributed by atoms with Crippen molar-refractivity contribution in [3.05, 3.63) is 11.1 Å². The first-order valence-corrected chi connectivity index (χ1v) is 7.05. The summed E-state index contributed by atoms with van der Waals surface area (Å²) in [6.07, 6.45) is 0. The second kappa shape index (κ2) is 5.67. The molecule has 0 amide bonds. The molecule has 1 unspecified atom stereocenters. The van der Waals surface area contributed by atoms with E-state index in [0.717, 1.165) is 10.0 Å². The van der Waals surface area contributed by atoms with Crippen LogP contribution in [0.3, 0.4) is 0 Å². The Morgan fingerprint density at radius 2 is 2.38 bits per heavy atom. The molecular formula is C11H17N3S2. The van der Waals surface area contributed by atoms with Gasteiger partial charge in [0.1, 0.15) is 9.88 Å². The lowest BCUT2D eigenvalue weighted by Gasteiger charge is -2.24. The molecule has 1 N–H and O–H groups in total. The first-order chi connectivity index (χ1) is 7.45. The van der Waals surface area contributed by atoms with Crippen molar-refractivity contribution in [2.24, 2.45) is 0 Å². The Bertz CT molecular complexity index is 381. The molecule has 0 saturated carbocycles. The number of nitrogens with one attached hydrogen (secondary N) is 1. The highest BCUT2D eigenvalue weighted by atomic mass is 32.2. The lowest BCUT2D eigenvalue weighted by atomic mass is 10.1. The second-order valence-electron chi connectivity index (χ2n) is 4.29. The molecule has 1 atom stereocenters. The molecule has 0 saturated heterocycles. The Morgan fingerprint density at radius 1 is 1.69 bits per heavy atom. The molecular weight excluding hydrogens is 238 g/mol. The number of aryl methyl sites for hydroxylation is 1. The molecule has 0 aliphatic carbocycles. The summed E-state index contributed by atoms with van der Waals surface area (Å²) in [5, 5.41) is 14.5. The van der Waals surface area contributed by atoms with Crippen molar-refractivity contribution in [2.75, 3.05) is 5.75 Å². The maximum atomic E-state index is 9.17. The molecule has 88 valence electrons. The molecule has 0 bridgehead atoms. The van der Waals surface area contributed by atoms with Crippen LogP contribution in [0.5, 0.6) is 0 Å². The fourth-order valence-corrected chi connectivity index (χ4v) is 3.23. The van der Waals surface area contributed by atoms with Crippen LogP contribution in [0.4, 0.5) is 0 Å². The summed E-state index contributed by atoms with van der Waals surface area (Å²) in [6, 6.07) is 2.64. The highest BCUT2D eigenvalue weighted by Crippen LogP contribution is 2.25. The van der Waals surface area contributed by atoms with E-state index < -0.39 is 5.54 Å². The summed E-state index contributed by atoms with van der Waals surface area (Å²) in [5.74, 6) is 0.717. The summed E-state index contributed by atoms with van der Waals surface area (Å²) in [6.45, 7) is 8.01. The van der Waals surface area contributed by atoms with Gasteiger partial charge in [-0.1, -0.05) is 11.8 Å². The van der Waals surface area contributed by atoms with Crippen LogP contribution >= 0.6 is 23.1 Å². The minimum Gasteiger partial charge on any atom is -0.297 e. The first-order valence-electron chi connectivity index (χ1n) is 5.19. The van der Waals surface area contributed by atoms with Gasteiger partial charge < -0.3 is 0 Å². The van der Waals surface area contributed by atoms with Crippen LogP contribution in [0.2, 0.25) is 0 Å². The quantitative estimate of drug-likeness (QED) is 0.822. The number of thiazole rings is 1. The molecule has 0 aliphatic rings. The number of nitrogens with zero attached hydrogens (tertiary/aromatic N) is 2. The van der Waals surface area contributed by atoms with E-state index in [2.05, 4.69) is 16.4 Å². The zero-order valence-electron chi connectivity index (χ0n) is 10.1. The van der Waals surface area contributed by atoms with E-state index in [-0.39, 0.29) is 0 Å². The molecule has 16 heavy (non-hydrogen) atoms. The van der Waals surface area contributed by atoms with Crippen molar-refractivity contribution >= 4 is 23.1 Å². The lowest BCUT2D eigenvalue weighted by Crippen LogP contribution is -2.47. The van der Waals surface area contributed by atoms with E-state index in [1.807, 2.05) is 33.1 Å². The number of thioether (sulfide) groups is 1. The van der Waals surface area contributed by atoms with Crippen molar-refractivity contribution in [3.8, 4) is 6.07 Å². The molecule has 0 aliphatic heterocycles. The van der Waals surface area contributed by atoms with Gasteiger partial charge in [-0.15, -0.1) is 11.3 Å². The van der Waals surface area contributed by atoms with Crippen LogP contribution in [0.15, 0.2) is 9.72 Å². The molecule has 0 fully saturated rings. The summed E-state index contributed by atoms with van der Waals surface area (Å²) in [5.41, 5.74) is 0.557. The third-order valence-electron chi connectivity index (χ3n) is 1.94. The highest BCUT2D eigenvalue weighted by molar-refractivity contribution is 8.01. The predicted molar refractivity (Wildman–Crippen MR) is 69.9 cm³/mol. The number of nitriles is 1. The van der Waals surface area contributed by atoms with Crippen molar-refractivity contribution in [1.29, 1.82) is 5.26 Å². The van der Waals surface area contributed by atoms with Gasteiger partial charge >= 0.3 is 0 Å². The van der Waals surface area contributed by atoms with Gasteiger partial charge in [0.2, 0.25) is 0 Å². The largest absolute Gasteiger partial charge is 0.297 e. The minimum atomic E-state index is -0.488. The molecule has 0 aromatic carbocycles. The van der Waals surface area contributed by atoms with Gasteiger partial charge in [-0.25, -0.2) is 4.98 Å². The Hall–Kier alpha value is -0.570. The van der Waals surface area contributed by atoms with Gasteiger partial charge in [-0.05, 0) is 27.7 Å². The molecule has 1 heterocycles. The highest BCUT2D eigenvalue weighted by Gasteiger charge is 2.24. The summed E-state index contributed by atoms with van der Waals surface area (Å²) in [4.78, 5) is 4.37. The maximum Gasteiger partial charge on any atom is 0.150 e. The zero-order chi connectivity index (χ0) is 12.2. The van der Waals surface area contributed by atoms with Gasteiger partial charge in [0.05, 0.1) is 6.07 Å². The van der Waals surface area contributed by atoms with Crippen LogP contribution < -0.4 is 5.32 Å². The van der Waals surface area contributed by atoms with Gasteiger partial charge in [0.25, 0.3) is 0 Å². The fourth-order valence-electron chi connectivity index (χ4n) is 1.35. The maximum absolute atomic E-state index is 9.17. The number of hydrogen-bond acceptors (Lipinski definition) is 5. The molecule has 1 rings (SSSR count). The van der Waals surface area contributed by atoms with E-state index in [1.165, 1.54) is 0 Å². The Morgan fingerprint density at radius 3 is 2.81 bits per heavy atom. The van der Waals surface area contributed by atoms with Crippen LogP contribution in [0.1, 0.15) is 26.5 Å². The van der Waals surface area contributed by atoms with E-state index in [9.17, 15) is 5.26 Å². The molecule has 1 aromatic rings. The third-order valence-corrected chi connectivity index (χ3v) is 4.39. The van der Waals surface area contributed by atoms with Gasteiger partial charge in [-0.2, -0.15) is 5.26 Å². The number of rotatable bonds is 5. The fraction of sp³-hybridized carbons (Fsp3) is 0.636. The van der Waals surface area contributed by atoms with Gasteiger partial charge in [0.15, 0.2) is 0 Å². The standard InChI is InChI=1S/C11H17N3S2/c1-8(2)14-11(4,6-12)7-16-10-13-9(3)5-15-10/h5,8,14H,7H2,1-4H3. The molecule has 0 spiro atoms. The zero-order valence-corrected chi connectivity index (χ0v) is 11.7. The predicted octanol–water partition coefficient (Wildman–Crippen LogP) is 2.82. The summed E-state index contributed by atoms with van der Waals surface area (Å²) in [7, 11) is 0. The first kappa shape index (κ1) is 13.5. The van der Waals surface area contributed by atoms with Crippen LogP contribution in [0, 0.1) is 18.3 Å². The SMILES string of the molecule is Cc1csc(SCC(C)(C#N)NC(C)C)n1. The Kier molecular flexibility index (Phi) is 4.78. The van der Waals surface area contributed by atoms with E-state index in [1.54, 1.807) is 23.1 Å². The average molecular weight is 255 g/mol.